The fourth-order valence-corrected chi connectivity index (χ4v) is 12.2. The maximum absolute atomic E-state index is 14.8. The van der Waals surface area contributed by atoms with Crippen LogP contribution in [0, 0.1) is 29.6 Å². The largest absolute Gasteiger partial charge is 0.480 e. The lowest BCUT2D eigenvalue weighted by molar-refractivity contribution is -0.146. The highest BCUT2D eigenvalue weighted by Gasteiger charge is 2.45. The van der Waals surface area contributed by atoms with E-state index in [9.17, 15) is 53.1 Å². The second-order valence-corrected chi connectivity index (χ2v) is 25.3. The van der Waals surface area contributed by atoms with Crippen LogP contribution in [0.5, 0.6) is 0 Å². The third kappa shape index (κ3) is 23.8. The van der Waals surface area contributed by atoms with Crippen LogP contribution < -0.4 is 49.1 Å². The lowest BCUT2D eigenvalue weighted by atomic mass is 9.90. The number of carbonyl (C=O) groups excluding carboxylic acids is 9. The number of ether oxygens (including phenoxy) is 3. The molecule has 1 aliphatic heterocycles. The number of hydrogen-bond donors (Lipinski definition) is 10. The number of carboxylic acid groups (broad SMARTS) is 1. The van der Waals surface area contributed by atoms with Gasteiger partial charge in [-0.1, -0.05) is 118 Å². The van der Waals surface area contributed by atoms with Gasteiger partial charge in [0.2, 0.25) is 35.4 Å². The molecule has 1 aliphatic rings. The summed E-state index contributed by atoms with van der Waals surface area (Å²) in [5, 5.41) is 26.3. The van der Waals surface area contributed by atoms with Crippen molar-refractivity contribution in [3.05, 3.63) is 65.7 Å². The van der Waals surface area contributed by atoms with Gasteiger partial charge in [-0.05, 0) is 92.0 Å². The molecule has 90 heavy (non-hydrogen) atoms. The van der Waals surface area contributed by atoms with E-state index in [-0.39, 0.29) is 56.6 Å². The highest BCUT2D eigenvalue weighted by molar-refractivity contribution is 14.1. The van der Waals surface area contributed by atoms with Gasteiger partial charge in [0.1, 0.15) is 36.8 Å². The van der Waals surface area contributed by atoms with Gasteiger partial charge in [0, 0.05) is 46.5 Å². The number of primary amides is 1. The summed E-state index contributed by atoms with van der Waals surface area (Å²) in [6.07, 6.45) is 1.34. The van der Waals surface area contributed by atoms with Crippen LogP contribution in [0.1, 0.15) is 131 Å². The molecule has 0 aromatic heterocycles. The van der Waals surface area contributed by atoms with Crippen molar-refractivity contribution >= 4 is 88.0 Å². The molecular weight excluding hydrogens is 1280 g/mol. The summed E-state index contributed by atoms with van der Waals surface area (Å²) in [7, 11) is 4.36. The molecule has 2 unspecified atom stereocenters. The number of unbranched alkanes of at least 4 members (excludes halogenated alkanes) is 1. The fourth-order valence-electron chi connectivity index (χ4n) is 11.0. The summed E-state index contributed by atoms with van der Waals surface area (Å²) in [6, 6.07) is 7.07. The third-order valence-electron chi connectivity index (χ3n) is 16.4. The van der Waals surface area contributed by atoms with Crippen LogP contribution in [0.25, 0.3) is 0 Å². The van der Waals surface area contributed by atoms with E-state index in [1.807, 2.05) is 42.8 Å². The Morgan fingerprint density at radius 3 is 1.91 bits per heavy atom. The topological polar surface area (TPSA) is 379 Å². The number of anilines is 1. The first kappa shape index (κ1) is 77.6. The first-order chi connectivity index (χ1) is 42.5. The number of methoxy groups -OCH3 is 2. The number of rotatable bonds is 38. The minimum atomic E-state index is -1.19. The molecule has 10 amide bonds. The minimum absolute atomic E-state index is 0.0785. The Hall–Kier alpha value is -6.69. The van der Waals surface area contributed by atoms with Gasteiger partial charge in [0.25, 0.3) is 5.91 Å². The summed E-state index contributed by atoms with van der Waals surface area (Å²) in [4.78, 5) is 138. The molecule has 27 heteroatoms. The Balaban J connectivity index is 1.72. The van der Waals surface area contributed by atoms with Gasteiger partial charge in [-0.15, -0.1) is 0 Å². The standard InChI is InChI=1S/C63H101IN12O14/c1-13-39(8)53(48(88-11)34-49(77)75-32-20-25-47(75)54(89-12)40(9)55(78)71-46(61(84)85)33-41-21-15-14-16-22-41)76(64)60(83)51(37(4)5)73-59(82)52(38(6)7)74(10)63(87)90-35-42-26-28-43(29-27-42)69-57(80)45(24-19-31-68-62(67)86)70-58(81)50(36(2)3)72-56(79)44(66)23-17-18-30-65/h14-16,21-22,26-29,36-40,44-48,50-54H,13,17-20,23-25,30-35,65-66H2,1-12H3,(H,69,80)(H,70,81)(H,71,78)(H,72,79)(H,73,82)(H,84,85)(H3,67,68,86)/t39-,40+,44?,45?,46-,47-,48+,50-,51-,52-,53-,54+/m0/s1. The number of carbonyl (C=O) groups is 10. The Labute approximate surface area is 544 Å². The minimum Gasteiger partial charge on any atom is -0.480 e. The van der Waals surface area contributed by atoms with Gasteiger partial charge in [0.15, 0.2) is 0 Å². The first-order valence-corrected chi connectivity index (χ1v) is 32.1. The molecule has 3 rings (SSSR count). The quantitative estimate of drug-likeness (QED) is 0.0254. The summed E-state index contributed by atoms with van der Waals surface area (Å²) in [6.45, 7) is 16.9. The number of nitrogens with two attached hydrogens (primary N) is 3. The summed E-state index contributed by atoms with van der Waals surface area (Å²) in [5.74, 6) is -7.06. The number of benzene rings is 2. The van der Waals surface area contributed by atoms with Crippen LogP contribution in [0.2, 0.25) is 0 Å². The van der Waals surface area contributed by atoms with E-state index < -0.39 is 132 Å². The Morgan fingerprint density at radius 1 is 0.733 bits per heavy atom. The van der Waals surface area contributed by atoms with Gasteiger partial charge in [-0.25, -0.2) is 14.4 Å². The van der Waals surface area contributed by atoms with Crippen molar-refractivity contribution in [3.8, 4) is 0 Å². The highest BCUT2D eigenvalue weighted by Crippen LogP contribution is 2.32. The number of halogens is 1. The second kappa shape index (κ2) is 38.9. The molecule has 13 N–H and O–H groups in total. The molecule has 12 atom stereocenters. The summed E-state index contributed by atoms with van der Waals surface area (Å²) in [5.41, 5.74) is 18.5. The number of likely N-dealkylation sites (N-methyl/N-ethyl adjacent to an activating group) is 1. The van der Waals surface area contributed by atoms with Gasteiger partial charge in [-0.2, -0.15) is 0 Å². The van der Waals surface area contributed by atoms with Crippen LogP contribution in [-0.2, 0) is 65.6 Å². The van der Waals surface area contributed by atoms with Crippen LogP contribution in [0.3, 0.4) is 0 Å². The fraction of sp³-hybridized carbons (Fsp3) is 0.651. The second-order valence-electron chi connectivity index (χ2n) is 24.3. The number of nitrogens with one attached hydrogen (secondary N) is 6. The van der Waals surface area contributed by atoms with Gasteiger partial charge < -0.3 is 73.3 Å². The van der Waals surface area contributed by atoms with Gasteiger partial charge >= 0.3 is 18.1 Å². The molecule has 1 fully saturated rings. The number of urea groups is 1. The highest BCUT2D eigenvalue weighted by atomic mass is 127. The predicted molar refractivity (Wildman–Crippen MR) is 349 cm³/mol. The van der Waals surface area contributed by atoms with Gasteiger partial charge in [-0.3, -0.25) is 41.6 Å². The van der Waals surface area contributed by atoms with Crippen LogP contribution >= 0.6 is 22.9 Å². The number of amides is 10. The number of aliphatic carboxylic acids is 1. The zero-order valence-corrected chi connectivity index (χ0v) is 56.6. The van der Waals surface area contributed by atoms with E-state index in [0.717, 1.165) is 5.56 Å². The van der Waals surface area contributed by atoms with Gasteiger partial charge in [0.05, 0.1) is 65.5 Å². The summed E-state index contributed by atoms with van der Waals surface area (Å²) >= 11 is 1.93. The molecule has 1 heterocycles. The van der Waals surface area contributed by atoms with Crippen LogP contribution in [0.15, 0.2) is 54.6 Å². The molecule has 26 nitrogen and oxygen atoms in total. The molecule has 0 saturated carbocycles. The van der Waals surface area contributed by atoms with Crippen molar-refractivity contribution in [1.29, 1.82) is 0 Å². The third-order valence-corrected chi connectivity index (χ3v) is 17.5. The molecule has 2 aromatic carbocycles. The van der Waals surface area contributed by atoms with Crippen LogP contribution in [0.4, 0.5) is 15.3 Å². The Bertz CT molecular complexity index is 2660. The first-order valence-electron chi connectivity index (χ1n) is 31.1. The van der Waals surface area contributed by atoms with E-state index in [4.69, 9.17) is 31.4 Å². The molecule has 0 radical (unpaired) electrons. The van der Waals surface area contributed by atoms with E-state index in [0.29, 0.717) is 62.9 Å². The maximum atomic E-state index is 14.8. The molecular formula is C63H101IN12O14. The number of likely N-dealkylation sites (tertiary alicyclic amines) is 1. The molecule has 1 saturated heterocycles. The van der Waals surface area contributed by atoms with E-state index >= 15 is 0 Å². The van der Waals surface area contributed by atoms with Crippen LogP contribution in [-0.4, -0.2) is 179 Å². The Kier molecular flexibility index (Phi) is 33.5. The van der Waals surface area contributed by atoms with E-state index in [1.165, 1.54) is 29.3 Å². The zero-order valence-electron chi connectivity index (χ0n) is 54.5. The smallest absolute Gasteiger partial charge is 0.410 e. The monoisotopic (exact) mass is 1380 g/mol. The normalized spacial score (nSPS) is 16.8. The average Bonchev–Trinajstić information content (AvgIpc) is 1.52. The number of carboxylic acids is 1. The zero-order chi connectivity index (χ0) is 67.5. The van der Waals surface area contributed by atoms with Crippen molar-refractivity contribution in [2.24, 2.45) is 46.8 Å². The maximum Gasteiger partial charge on any atom is 0.410 e. The number of nitrogens with zero attached hydrogens (tertiary/aromatic N) is 3. The van der Waals surface area contributed by atoms with E-state index in [1.54, 1.807) is 102 Å². The van der Waals surface area contributed by atoms with Crippen molar-refractivity contribution < 1.29 is 67.3 Å². The van der Waals surface area contributed by atoms with E-state index in [2.05, 4.69) is 31.9 Å². The predicted octanol–water partition coefficient (Wildman–Crippen LogP) is 4.34. The van der Waals surface area contributed by atoms with Crippen molar-refractivity contribution in [1.82, 2.24) is 39.5 Å². The van der Waals surface area contributed by atoms with Crippen molar-refractivity contribution in [2.75, 3.05) is 46.2 Å². The average molecular weight is 1380 g/mol. The number of hydrogen-bond acceptors (Lipinski definition) is 15. The molecule has 0 bridgehead atoms. The van der Waals surface area contributed by atoms with Crippen molar-refractivity contribution in [3.63, 3.8) is 0 Å². The summed E-state index contributed by atoms with van der Waals surface area (Å²) < 4.78 is 19.1. The lowest BCUT2D eigenvalue weighted by Gasteiger charge is -2.40. The SMILES string of the molecule is CC[C@H](C)[C@@H]([C@@H](CC(=O)N1CCC[C@H]1[C@H](OC)[C@@H](C)C(=O)N[C@@H](Cc1ccccc1)C(=O)O)OC)N(I)C(=O)[C@@H](NC(=O)[C@H](C(C)C)N(C)C(=O)OCc1ccc(NC(=O)C(CCCNC(N)=O)NC(=O)[C@@H](NC(=O)C(N)CCCCN)C(C)C)cc1)C(C)C. The lowest BCUT2D eigenvalue weighted by Crippen LogP contribution is -2.59. The molecule has 2 aromatic rings. The molecule has 0 aliphatic carbocycles. The Morgan fingerprint density at radius 2 is 1.36 bits per heavy atom. The molecule has 0 spiro atoms. The van der Waals surface area contributed by atoms with Crippen molar-refractivity contribution in [2.45, 2.75) is 194 Å². The molecule has 504 valence electrons.